The van der Waals surface area contributed by atoms with Gasteiger partial charge in [0.2, 0.25) is 10.0 Å². The monoisotopic (exact) mass is 373 g/mol. The highest BCUT2D eigenvalue weighted by molar-refractivity contribution is 7.89. The van der Waals surface area contributed by atoms with Gasteiger partial charge in [-0.3, -0.25) is 0 Å². The second kappa shape index (κ2) is 7.00. The minimum absolute atomic E-state index is 0.0738. The molecule has 0 atom stereocenters. The van der Waals surface area contributed by atoms with Crippen molar-refractivity contribution in [1.82, 2.24) is 9.21 Å². The average Bonchev–Trinajstić information content (AvgIpc) is 2.48. The molecule has 0 bridgehead atoms. The van der Waals surface area contributed by atoms with Crippen LogP contribution in [0.25, 0.3) is 0 Å². The number of halogens is 1. The van der Waals surface area contributed by atoms with Gasteiger partial charge in [0.1, 0.15) is 0 Å². The maximum absolute atomic E-state index is 13.0. The molecule has 1 aliphatic heterocycles. The van der Waals surface area contributed by atoms with Gasteiger partial charge < -0.3 is 10.1 Å². The fourth-order valence-electron chi connectivity index (χ4n) is 2.33. The molecular weight excluding hydrogens is 350 g/mol. The number of benzene rings is 1. The third-order valence-corrected chi connectivity index (χ3v) is 6.16. The van der Waals surface area contributed by atoms with Crippen molar-refractivity contribution in [3.8, 4) is 0 Å². The molecule has 24 heavy (non-hydrogen) atoms. The number of hydrogen-bond acceptors (Lipinski definition) is 4. The number of sulfonamides is 1. The van der Waals surface area contributed by atoms with E-state index in [1.165, 1.54) is 16.6 Å². The summed E-state index contributed by atoms with van der Waals surface area (Å²) in [5, 5.41) is 12.6. The molecular formula is C16H24ClN3O3S. The largest absolute Gasteiger partial charge is 0.623 e. The Labute approximate surface area is 149 Å². The zero-order chi connectivity index (χ0) is 18.1. The van der Waals surface area contributed by atoms with Gasteiger partial charge >= 0.3 is 0 Å². The molecule has 0 spiro atoms. The highest BCUT2D eigenvalue weighted by Crippen LogP contribution is 2.24. The number of rotatable bonds is 3. The van der Waals surface area contributed by atoms with Gasteiger partial charge in [-0.25, -0.2) is 13.2 Å². The van der Waals surface area contributed by atoms with Crippen molar-refractivity contribution in [2.24, 2.45) is 0 Å². The molecule has 1 fully saturated rings. The van der Waals surface area contributed by atoms with Crippen LogP contribution in [-0.2, 0) is 10.0 Å². The number of hydrogen-bond donors (Lipinski definition) is 0. The molecule has 1 heterocycles. The van der Waals surface area contributed by atoms with Gasteiger partial charge in [0.15, 0.2) is 11.8 Å². The number of piperazine rings is 1. The van der Waals surface area contributed by atoms with Gasteiger partial charge in [-0.2, -0.15) is 4.31 Å². The van der Waals surface area contributed by atoms with Gasteiger partial charge in [0, 0.05) is 52.0 Å². The van der Waals surface area contributed by atoms with E-state index in [1.54, 1.807) is 32.9 Å². The van der Waals surface area contributed by atoms with Crippen molar-refractivity contribution in [3.63, 3.8) is 0 Å². The van der Waals surface area contributed by atoms with Crippen molar-refractivity contribution in [2.75, 3.05) is 33.2 Å². The Hall–Kier alpha value is -1.15. The minimum Gasteiger partial charge on any atom is -0.623 e. The van der Waals surface area contributed by atoms with Crippen LogP contribution in [-0.4, -0.2) is 67.3 Å². The summed E-state index contributed by atoms with van der Waals surface area (Å²) in [5.74, 6) is 0. The molecule has 8 heteroatoms. The van der Waals surface area contributed by atoms with Gasteiger partial charge in [0.25, 0.3) is 0 Å². The summed E-state index contributed by atoms with van der Waals surface area (Å²) in [6.07, 6.45) is 1.32. The van der Waals surface area contributed by atoms with Crippen LogP contribution in [0.3, 0.4) is 0 Å². The zero-order valence-corrected chi connectivity index (χ0v) is 16.1. The molecule has 0 amide bonds. The van der Waals surface area contributed by atoms with Gasteiger partial charge in [0.05, 0.1) is 10.5 Å². The zero-order valence-electron chi connectivity index (χ0n) is 14.5. The molecule has 134 valence electrons. The molecule has 0 saturated carbocycles. The maximum atomic E-state index is 13.0. The molecule has 1 aromatic rings. The van der Waals surface area contributed by atoms with Gasteiger partial charge in [-0.05, 0) is 25.2 Å². The molecule has 1 aliphatic rings. The quantitative estimate of drug-likeness (QED) is 0.352. The lowest BCUT2D eigenvalue weighted by Crippen LogP contribution is -2.47. The topological polar surface area (TPSA) is 66.7 Å². The van der Waals surface area contributed by atoms with Gasteiger partial charge in [-0.1, -0.05) is 11.6 Å². The smallest absolute Gasteiger partial charge is 0.244 e. The molecule has 6 nitrogen and oxygen atoms in total. The Morgan fingerprint density at radius 1 is 1.21 bits per heavy atom. The number of likely N-dealkylation sites (N-methyl/N-ethyl adjacent to an activating group) is 1. The summed E-state index contributed by atoms with van der Waals surface area (Å²) >= 11 is 6.01. The predicted octanol–water partition coefficient (Wildman–Crippen LogP) is 2.00. The van der Waals surface area contributed by atoms with Crippen LogP contribution < -0.4 is 0 Å². The Morgan fingerprint density at radius 2 is 1.79 bits per heavy atom. The van der Waals surface area contributed by atoms with E-state index in [-0.39, 0.29) is 4.90 Å². The van der Waals surface area contributed by atoms with Crippen LogP contribution >= 0.6 is 11.6 Å². The second-order valence-electron chi connectivity index (χ2n) is 7.02. The normalized spacial score (nSPS) is 18.8. The van der Waals surface area contributed by atoms with Crippen LogP contribution in [0.2, 0.25) is 5.02 Å². The highest BCUT2D eigenvalue weighted by atomic mass is 35.5. The molecule has 0 N–H and O–H groups in total. The van der Waals surface area contributed by atoms with E-state index in [4.69, 9.17) is 11.6 Å². The van der Waals surface area contributed by atoms with Crippen molar-refractivity contribution in [3.05, 3.63) is 34.0 Å². The van der Waals surface area contributed by atoms with E-state index >= 15 is 0 Å². The summed E-state index contributed by atoms with van der Waals surface area (Å²) in [5.41, 5.74) is -0.308. The van der Waals surface area contributed by atoms with E-state index in [1.807, 2.05) is 7.05 Å². The van der Waals surface area contributed by atoms with E-state index in [9.17, 15) is 13.6 Å². The van der Waals surface area contributed by atoms with Crippen LogP contribution in [0.4, 0.5) is 0 Å². The fraction of sp³-hybridized carbons (Fsp3) is 0.562. The first-order chi connectivity index (χ1) is 11.0. The lowest BCUT2D eigenvalue weighted by atomic mass is 10.1. The van der Waals surface area contributed by atoms with Crippen LogP contribution in [0.5, 0.6) is 0 Å². The van der Waals surface area contributed by atoms with Gasteiger partial charge in [-0.15, -0.1) is 0 Å². The Morgan fingerprint density at radius 3 is 2.33 bits per heavy atom. The van der Waals surface area contributed by atoms with Crippen molar-refractivity contribution in [2.45, 2.75) is 31.2 Å². The van der Waals surface area contributed by atoms with Crippen molar-refractivity contribution < 1.29 is 13.2 Å². The predicted molar refractivity (Wildman–Crippen MR) is 96.3 cm³/mol. The summed E-state index contributed by atoms with van der Waals surface area (Å²) in [4.78, 5) is 2.15. The Kier molecular flexibility index (Phi) is 5.59. The van der Waals surface area contributed by atoms with Crippen LogP contribution in [0.1, 0.15) is 26.3 Å². The third-order valence-electron chi connectivity index (χ3n) is 3.97. The summed E-state index contributed by atoms with van der Waals surface area (Å²) in [7, 11) is -1.74. The Balaban J connectivity index is 2.47. The molecule has 0 radical (unpaired) electrons. The summed E-state index contributed by atoms with van der Waals surface area (Å²) < 4.78 is 28.2. The first kappa shape index (κ1) is 19.2. The third kappa shape index (κ3) is 4.27. The lowest BCUT2D eigenvalue weighted by Gasteiger charge is -2.31. The molecule has 0 unspecified atom stereocenters. The highest BCUT2D eigenvalue weighted by Gasteiger charge is 2.30. The molecule has 0 aliphatic carbocycles. The Bertz CT molecular complexity index is 733. The standard InChI is InChI=1S/C16H24ClN3O3S/c1-16(2,3)20(21)12-13-5-6-14(17)11-15(13)24(22,23)19-9-7-18(4)8-10-19/h5-6,11-12H,7-10H2,1-4H3/b20-12-. The first-order valence-corrected chi connectivity index (χ1v) is 9.63. The SMILES string of the molecule is CN1CCN(S(=O)(=O)c2cc(Cl)ccc2/C=[N+](\[O-])C(C)(C)C)CC1. The maximum Gasteiger partial charge on any atom is 0.244 e. The van der Waals surface area contributed by atoms with E-state index in [0.29, 0.717) is 36.8 Å². The number of nitrogens with zero attached hydrogens (tertiary/aromatic N) is 3. The lowest BCUT2D eigenvalue weighted by molar-refractivity contribution is -0.530. The fourth-order valence-corrected chi connectivity index (χ4v) is 4.18. The minimum atomic E-state index is -3.70. The molecule has 2 rings (SSSR count). The van der Waals surface area contributed by atoms with E-state index in [0.717, 1.165) is 4.74 Å². The molecule has 0 aromatic heterocycles. The first-order valence-electron chi connectivity index (χ1n) is 7.81. The summed E-state index contributed by atoms with van der Waals surface area (Å²) in [6.45, 7) is 7.49. The van der Waals surface area contributed by atoms with Crippen molar-refractivity contribution >= 4 is 27.8 Å². The molecule has 1 saturated heterocycles. The average molecular weight is 374 g/mol. The van der Waals surface area contributed by atoms with Crippen LogP contribution in [0, 0.1) is 5.21 Å². The number of hydroxylamine groups is 1. The summed E-state index contributed by atoms with van der Waals surface area (Å²) in [6, 6.07) is 4.58. The van der Waals surface area contributed by atoms with Crippen LogP contribution in [0.15, 0.2) is 23.1 Å². The molecule has 1 aromatic carbocycles. The van der Waals surface area contributed by atoms with E-state index < -0.39 is 15.6 Å². The van der Waals surface area contributed by atoms with Crippen molar-refractivity contribution in [1.29, 1.82) is 0 Å². The second-order valence-corrected chi connectivity index (χ2v) is 9.36. The van der Waals surface area contributed by atoms with E-state index in [2.05, 4.69) is 4.90 Å².